The van der Waals surface area contributed by atoms with Crippen LogP contribution >= 0.6 is 0 Å². The van der Waals surface area contributed by atoms with E-state index in [9.17, 15) is 19.2 Å². The highest BCUT2D eigenvalue weighted by atomic mass is 16.7. The van der Waals surface area contributed by atoms with Crippen molar-refractivity contribution in [2.24, 2.45) is 0 Å². The van der Waals surface area contributed by atoms with Gasteiger partial charge in [-0.2, -0.15) is 0 Å². The average molecular weight is 450 g/mol. The maximum Gasteiger partial charge on any atom is 0.325 e. The van der Waals surface area contributed by atoms with Gasteiger partial charge in [-0.15, -0.1) is 0 Å². The van der Waals surface area contributed by atoms with Crippen LogP contribution in [0, 0.1) is 0 Å². The molecule has 170 valence electrons. The molecule has 5 rings (SSSR count). The molecule has 33 heavy (non-hydrogen) atoms. The van der Waals surface area contributed by atoms with Crippen LogP contribution in [0.15, 0.2) is 42.5 Å². The van der Waals surface area contributed by atoms with Gasteiger partial charge >= 0.3 is 6.03 Å². The largest absolute Gasteiger partial charge is 0.454 e. The number of ether oxygens (including phenoxy) is 2. The zero-order valence-electron chi connectivity index (χ0n) is 18.1. The summed E-state index contributed by atoms with van der Waals surface area (Å²) >= 11 is 0. The van der Waals surface area contributed by atoms with Gasteiger partial charge < -0.3 is 25.0 Å². The number of hydrogen-bond donors (Lipinski definition) is 2. The van der Waals surface area contributed by atoms with Gasteiger partial charge in [0.25, 0.3) is 5.91 Å². The smallest absolute Gasteiger partial charge is 0.325 e. The predicted octanol–water partition coefficient (Wildman–Crippen LogP) is 1.95. The number of fused-ring (bicyclic) bond motifs is 2. The van der Waals surface area contributed by atoms with E-state index < -0.39 is 36.0 Å². The van der Waals surface area contributed by atoms with Crippen molar-refractivity contribution in [1.29, 1.82) is 0 Å². The normalized spacial score (nSPS) is 23.7. The molecular formula is C23H22N4O6. The van der Waals surface area contributed by atoms with Gasteiger partial charge in [0, 0.05) is 12.5 Å². The van der Waals surface area contributed by atoms with Crippen LogP contribution in [0.3, 0.4) is 0 Å². The number of nitrogens with one attached hydrogen (secondary N) is 2. The number of amides is 5. The van der Waals surface area contributed by atoms with Crippen LogP contribution in [0.25, 0.3) is 0 Å². The summed E-state index contributed by atoms with van der Waals surface area (Å²) in [6.07, 6.45) is 0.0927. The standard InChI is InChI=1S/C23H22N4O6/c1-13-9-19(28)24-15-5-3-4-6-16(15)27(13)20(29)11-26-21(30)23(2,25-22(26)31)14-7-8-17-18(10-14)33-12-32-17/h3-8,10,13H,9,11-12H2,1-2H3,(H,24,28)(H,25,31)/t13-,23-/m1/s1. The van der Waals surface area contributed by atoms with Gasteiger partial charge in [0.05, 0.1) is 11.4 Å². The van der Waals surface area contributed by atoms with Gasteiger partial charge in [-0.3, -0.25) is 19.3 Å². The first-order valence-corrected chi connectivity index (χ1v) is 10.5. The molecule has 10 nitrogen and oxygen atoms in total. The second kappa shape index (κ2) is 7.51. The molecule has 0 unspecified atom stereocenters. The molecule has 0 radical (unpaired) electrons. The van der Waals surface area contributed by atoms with Crippen molar-refractivity contribution in [1.82, 2.24) is 10.2 Å². The van der Waals surface area contributed by atoms with Crippen molar-refractivity contribution in [2.45, 2.75) is 31.8 Å². The summed E-state index contributed by atoms with van der Waals surface area (Å²) in [5, 5.41) is 5.49. The number of rotatable bonds is 3. The Morgan fingerprint density at radius 2 is 1.88 bits per heavy atom. The first-order chi connectivity index (χ1) is 15.8. The van der Waals surface area contributed by atoms with Crippen LogP contribution in [0.1, 0.15) is 25.8 Å². The summed E-state index contributed by atoms with van der Waals surface area (Å²) in [6, 6.07) is 10.8. The zero-order valence-corrected chi connectivity index (χ0v) is 18.1. The highest BCUT2D eigenvalue weighted by molar-refractivity contribution is 6.12. The van der Waals surface area contributed by atoms with E-state index in [0.29, 0.717) is 28.4 Å². The molecule has 10 heteroatoms. The first-order valence-electron chi connectivity index (χ1n) is 10.5. The lowest BCUT2D eigenvalue weighted by molar-refractivity contribution is -0.134. The first kappa shape index (κ1) is 20.8. The van der Waals surface area contributed by atoms with Crippen LogP contribution in [-0.2, 0) is 19.9 Å². The number of urea groups is 1. The van der Waals surface area contributed by atoms with Crippen molar-refractivity contribution >= 4 is 35.1 Å². The molecule has 1 saturated heterocycles. The molecule has 1 fully saturated rings. The van der Waals surface area contributed by atoms with Gasteiger partial charge in [0.15, 0.2) is 11.5 Å². The Morgan fingerprint density at radius 3 is 2.70 bits per heavy atom. The fourth-order valence-corrected chi connectivity index (χ4v) is 4.42. The quantitative estimate of drug-likeness (QED) is 0.691. The second-order valence-corrected chi connectivity index (χ2v) is 8.40. The summed E-state index contributed by atoms with van der Waals surface area (Å²) < 4.78 is 10.7. The summed E-state index contributed by atoms with van der Waals surface area (Å²) in [7, 11) is 0. The van der Waals surface area contributed by atoms with E-state index in [0.717, 1.165) is 4.90 Å². The Morgan fingerprint density at radius 1 is 1.12 bits per heavy atom. The van der Waals surface area contributed by atoms with E-state index in [1.807, 2.05) is 0 Å². The van der Waals surface area contributed by atoms with Crippen LogP contribution in [0.4, 0.5) is 16.2 Å². The fourth-order valence-electron chi connectivity index (χ4n) is 4.42. The van der Waals surface area contributed by atoms with Crippen molar-refractivity contribution in [3.63, 3.8) is 0 Å². The molecule has 2 N–H and O–H groups in total. The number of para-hydroxylation sites is 2. The SMILES string of the molecule is C[C@@H]1CC(=O)Nc2ccccc2N1C(=O)CN1C(=O)N[C@](C)(c2ccc3c(c2)OCO3)C1=O. The van der Waals surface area contributed by atoms with E-state index in [4.69, 9.17) is 9.47 Å². The van der Waals surface area contributed by atoms with E-state index in [2.05, 4.69) is 10.6 Å². The van der Waals surface area contributed by atoms with Crippen molar-refractivity contribution in [2.75, 3.05) is 23.6 Å². The van der Waals surface area contributed by atoms with Crippen LogP contribution in [-0.4, -0.2) is 48.0 Å². The molecule has 3 aliphatic rings. The molecule has 3 heterocycles. The van der Waals surface area contributed by atoms with Crippen molar-refractivity contribution in [3.05, 3.63) is 48.0 Å². The van der Waals surface area contributed by atoms with Crippen LogP contribution < -0.4 is 25.0 Å². The predicted molar refractivity (Wildman–Crippen MR) is 117 cm³/mol. The fraction of sp³-hybridized carbons (Fsp3) is 0.304. The Hall–Kier alpha value is -4.08. The summed E-state index contributed by atoms with van der Waals surface area (Å²) in [5.74, 6) is -0.189. The van der Waals surface area contributed by atoms with E-state index in [-0.39, 0.29) is 19.1 Å². The van der Waals surface area contributed by atoms with Gasteiger partial charge in [0.2, 0.25) is 18.6 Å². The summed E-state index contributed by atoms with van der Waals surface area (Å²) in [6.45, 7) is 2.96. The average Bonchev–Trinajstić information content (AvgIpc) is 3.29. The topological polar surface area (TPSA) is 117 Å². The zero-order chi connectivity index (χ0) is 23.3. The molecule has 3 aliphatic heterocycles. The minimum absolute atomic E-state index is 0.0866. The Bertz CT molecular complexity index is 1200. The molecule has 2 aromatic carbocycles. The lowest BCUT2D eigenvalue weighted by atomic mass is 9.91. The third-order valence-electron chi connectivity index (χ3n) is 6.15. The van der Waals surface area contributed by atoms with Crippen molar-refractivity contribution < 1.29 is 28.7 Å². The third kappa shape index (κ3) is 3.34. The lowest BCUT2D eigenvalue weighted by Crippen LogP contribution is -2.47. The van der Waals surface area contributed by atoms with Gasteiger partial charge in [0.1, 0.15) is 12.1 Å². The number of imide groups is 1. The molecule has 2 aromatic rings. The van der Waals surface area contributed by atoms with E-state index >= 15 is 0 Å². The maximum absolute atomic E-state index is 13.4. The number of benzene rings is 2. The molecule has 0 aromatic heterocycles. The van der Waals surface area contributed by atoms with Gasteiger partial charge in [-0.05, 0) is 43.7 Å². The Balaban J connectivity index is 1.41. The summed E-state index contributed by atoms with van der Waals surface area (Å²) in [5.41, 5.74) is 0.176. The summed E-state index contributed by atoms with van der Waals surface area (Å²) in [4.78, 5) is 54.0. The number of carbonyl (C=O) groups is 4. The Kier molecular flexibility index (Phi) is 4.73. The third-order valence-corrected chi connectivity index (χ3v) is 6.15. The van der Waals surface area contributed by atoms with Crippen LogP contribution in [0.2, 0.25) is 0 Å². The molecule has 0 saturated carbocycles. The van der Waals surface area contributed by atoms with Crippen LogP contribution in [0.5, 0.6) is 11.5 Å². The molecular weight excluding hydrogens is 428 g/mol. The Labute approximate surface area is 189 Å². The number of anilines is 2. The number of carbonyl (C=O) groups excluding carboxylic acids is 4. The number of nitrogens with zero attached hydrogens (tertiary/aromatic N) is 2. The molecule has 0 aliphatic carbocycles. The molecule has 0 bridgehead atoms. The van der Waals surface area contributed by atoms with Crippen molar-refractivity contribution in [3.8, 4) is 11.5 Å². The maximum atomic E-state index is 13.4. The number of hydrogen-bond acceptors (Lipinski definition) is 6. The minimum atomic E-state index is -1.36. The lowest BCUT2D eigenvalue weighted by Gasteiger charge is -2.29. The monoisotopic (exact) mass is 450 g/mol. The molecule has 5 amide bonds. The second-order valence-electron chi connectivity index (χ2n) is 8.40. The van der Waals surface area contributed by atoms with Gasteiger partial charge in [-0.1, -0.05) is 18.2 Å². The van der Waals surface area contributed by atoms with Gasteiger partial charge in [-0.25, -0.2) is 4.79 Å². The van der Waals surface area contributed by atoms with E-state index in [1.54, 1.807) is 56.3 Å². The molecule has 0 spiro atoms. The minimum Gasteiger partial charge on any atom is -0.454 e. The highest BCUT2D eigenvalue weighted by Crippen LogP contribution is 2.38. The highest BCUT2D eigenvalue weighted by Gasteiger charge is 2.50. The molecule has 2 atom stereocenters. The van der Waals surface area contributed by atoms with E-state index in [1.165, 1.54) is 4.90 Å².